The zero-order valence-corrected chi connectivity index (χ0v) is 15.0. The molecule has 1 saturated heterocycles. The molecule has 0 aromatic heterocycles. The van der Waals surface area contributed by atoms with Gasteiger partial charge in [0.1, 0.15) is 18.5 Å². The van der Waals surface area contributed by atoms with Gasteiger partial charge in [0.15, 0.2) is 0 Å². The highest BCUT2D eigenvalue weighted by molar-refractivity contribution is 5.78. The summed E-state index contributed by atoms with van der Waals surface area (Å²) in [5, 5.41) is 13.2. The van der Waals surface area contributed by atoms with Gasteiger partial charge in [0.2, 0.25) is 5.91 Å². The van der Waals surface area contributed by atoms with E-state index < -0.39 is 6.10 Å². The van der Waals surface area contributed by atoms with Gasteiger partial charge in [-0.3, -0.25) is 14.6 Å². The molecule has 1 saturated carbocycles. The molecule has 2 N–H and O–H groups in total. The molecule has 1 heterocycles. The fourth-order valence-corrected chi connectivity index (χ4v) is 3.08. The average molecular weight is 347 g/mol. The molecule has 138 valence electrons. The highest BCUT2D eigenvalue weighted by Gasteiger charge is 2.25. The number of aliphatic hydroxyl groups excluding tert-OH is 1. The third-order valence-electron chi connectivity index (χ3n) is 4.68. The molecule has 1 amide bonds. The number of piperazine rings is 1. The number of carbonyl (C=O) groups is 1. The molecular weight excluding hydrogens is 318 g/mol. The van der Waals surface area contributed by atoms with Crippen molar-refractivity contribution in [3.63, 3.8) is 0 Å². The number of rotatable bonds is 8. The van der Waals surface area contributed by atoms with E-state index in [1.807, 2.05) is 31.2 Å². The molecule has 0 bridgehead atoms. The van der Waals surface area contributed by atoms with Crippen LogP contribution in [0.15, 0.2) is 24.3 Å². The number of β-amino-alcohol motifs (C(OH)–C–C–N with tert-alkyl or cyclic N) is 1. The number of carbonyl (C=O) groups excluding carboxylic acids is 1. The van der Waals surface area contributed by atoms with Gasteiger partial charge in [-0.1, -0.05) is 12.1 Å². The quantitative estimate of drug-likeness (QED) is 0.722. The van der Waals surface area contributed by atoms with Crippen LogP contribution in [0.4, 0.5) is 0 Å². The third-order valence-corrected chi connectivity index (χ3v) is 4.68. The summed E-state index contributed by atoms with van der Waals surface area (Å²) >= 11 is 0. The molecule has 25 heavy (non-hydrogen) atoms. The molecule has 1 aliphatic carbocycles. The van der Waals surface area contributed by atoms with Gasteiger partial charge in [-0.15, -0.1) is 0 Å². The zero-order chi connectivity index (χ0) is 17.6. The van der Waals surface area contributed by atoms with Gasteiger partial charge in [0.05, 0.1) is 6.54 Å². The lowest BCUT2D eigenvalue weighted by Crippen LogP contribution is -2.51. The molecule has 0 radical (unpaired) electrons. The van der Waals surface area contributed by atoms with E-state index in [9.17, 15) is 9.90 Å². The maximum atomic E-state index is 11.8. The maximum absolute atomic E-state index is 11.8. The van der Waals surface area contributed by atoms with Crippen LogP contribution in [0.3, 0.4) is 0 Å². The van der Waals surface area contributed by atoms with Crippen molar-refractivity contribution in [1.29, 1.82) is 0 Å². The number of amides is 1. The van der Waals surface area contributed by atoms with Crippen LogP contribution in [0.5, 0.6) is 5.75 Å². The second-order valence-electron chi connectivity index (χ2n) is 7.20. The SMILES string of the molecule is Cc1cccc(OC[C@@H](O)CN2CCN(CC(=O)NC3CC3)CC2)c1. The summed E-state index contributed by atoms with van der Waals surface area (Å²) in [6, 6.07) is 8.28. The minimum absolute atomic E-state index is 0.141. The standard InChI is InChI=1S/C19H29N3O3/c1-15-3-2-4-18(11-15)25-14-17(23)12-21-7-9-22(10-8-21)13-19(24)20-16-5-6-16/h2-4,11,16-17,23H,5-10,12-14H2,1H3,(H,20,24)/t17-/m0/s1. The molecule has 6 heteroatoms. The van der Waals surface area contributed by atoms with E-state index in [4.69, 9.17) is 4.74 Å². The average Bonchev–Trinajstić information content (AvgIpc) is 3.39. The summed E-state index contributed by atoms with van der Waals surface area (Å²) in [4.78, 5) is 16.3. The zero-order valence-electron chi connectivity index (χ0n) is 15.0. The Labute approximate surface area is 149 Å². The van der Waals surface area contributed by atoms with Crippen molar-refractivity contribution in [2.45, 2.75) is 31.9 Å². The number of nitrogens with one attached hydrogen (secondary N) is 1. The summed E-state index contributed by atoms with van der Waals surface area (Å²) in [6.45, 7) is 6.89. The lowest BCUT2D eigenvalue weighted by molar-refractivity contribution is -0.122. The predicted octanol–water partition coefficient (Wildman–Crippen LogP) is 0.631. The first-order chi connectivity index (χ1) is 12.1. The summed E-state index contributed by atoms with van der Waals surface area (Å²) in [7, 11) is 0. The minimum atomic E-state index is -0.509. The Morgan fingerprint density at radius 3 is 2.68 bits per heavy atom. The summed E-state index contributed by atoms with van der Waals surface area (Å²) < 4.78 is 5.67. The second-order valence-corrected chi connectivity index (χ2v) is 7.20. The van der Waals surface area contributed by atoms with Crippen molar-refractivity contribution in [2.75, 3.05) is 45.9 Å². The number of hydrogen-bond acceptors (Lipinski definition) is 5. The van der Waals surface area contributed by atoms with Crippen LogP contribution >= 0.6 is 0 Å². The van der Waals surface area contributed by atoms with Crippen molar-refractivity contribution < 1.29 is 14.6 Å². The number of ether oxygens (including phenoxy) is 1. The van der Waals surface area contributed by atoms with E-state index >= 15 is 0 Å². The fourth-order valence-electron chi connectivity index (χ4n) is 3.08. The summed E-state index contributed by atoms with van der Waals surface area (Å²) in [6.07, 6.45) is 1.74. The van der Waals surface area contributed by atoms with Gasteiger partial charge >= 0.3 is 0 Å². The van der Waals surface area contributed by atoms with Gasteiger partial charge < -0.3 is 15.2 Å². The van der Waals surface area contributed by atoms with Crippen LogP contribution in [-0.2, 0) is 4.79 Å². The first kappa shape index (κ1) is 18.2. The van der Waals surface area contributed by atoms with Crippen LogP contribution in [0.2, 0.25) is 0 Å². The van der Waals surface area contributed by atoms with Crippen LogP contribution in [0, 0.1) is 6.92 Å². The van der Waals surface area contributed by atoms with Crippen LogP contribution in [0.25, 0.3) is 0 Å². The molecule has 3 rings (SSSR count). The first-order valence-electron chi connectivity index (χ1n) is 9.20. The second kappa shape index (κ2) is 8.65. The van der Waals surface area contributed by atoms with Crippen LogP contribution in [-0.4, -0.2) is 78.8 Å². The molecule has 2 fully saturated rings. The number of nitrogens with zero attached hydrogens (tertiary/aromatic N) is 2. The highest BCUT2D eigenvalue weighted by Crippen LogP contribution is 2.18. The van der Waals surface area contributed by atoms with Crippen molar-refractivity contribution in [2.24, 2.45) is 0 Å². The number of hydrogen-bond donors (Lipinski definition) is 2. The Balaban J connectivity index is 1.31. The Hall–Kier alpha value is -1.63. The van der Waals surface area contributed by atoms with E-state index in [1.54, 1.807) is 0 Å². The Kier molecular flexibility index (Phi) is 6.29. The van der Waals surface area contributed by atoms with E-state index in [2.05, 4.69) is 15.1 Å². The topological polar surface area (TPSA) is 65.0 Å². The Morgan fingerprint density at radius 2 is 2.00 bits per heavy atom. The Bertz CT molecular complexity index is 569. The van der Waals surface area contributed by atoms with E-state index in [0.29, 0.717) is 25.7 Å². The smallest absolute Gasteiger partial charge is 0.234 e. The summed E-state index contributed by atoms with van der Waals surface area (Å²) in [5.74, 6) is 0.938. The van der Waals surface area contributed by atoms with Gasteiger partial charge in [0.25, 0.3) is 0 Å². The third kappa shape index (κ3) is 6.30. The monoisotopic (exact) mass is 347 g/mol. The van der Waals surface area contributed by atoms with Gasteiger partial charge in [-0.25, -0.2) is 0 Å². The largest absolute Gasteiger partial charge is 0.491 e. The fraction of sp³-hybridized carbons (Fsp3) is 0.632. The lowest BCUT2D eigenvalue weighted by atomic mass is 10.2. The first-order valence-corrected chi connectivity index (χ1v) is 9.20. The molecule has 1 atom stereocenters. The van der Waals surface area contributed by atoms with Gasteiger partial charge in [0, 0.05) is 38.8 Å². The van der Waals surface area contributed by atoms with Gasteiger partial charge in [-0.05, 0) is 37.5 Å². The molecule has 1 aromatic rings. The summed E-state index contributed by atoms with van der Waals surface area (Å²) in [5.41, 5.74) is 1.15. The molecule has 1 aliphatic heterocycles. The van der Waals surface area contributed by atoms with Crippen molar-refractivity contribution in [3.8, 4) is 5.75 Å². The molecule has 0 unspecified atom stereocenters. The van der Waals surface area contributed by atoms with Gasteiger partial charge in [-0.2, -0.15) is 0 Å². The number of aliphatic hydroxyl groups is 1. The van der Waals surface area contributed by atoms with E-state index in [-0.39, 0.29) is 5.91 Å². The predicted molar refractivity (Wildman–Crippen MR) is 96.7 cm³/mol. The molecule has 0 spiro atoms. The van der Waals surface area contributed by atoms with Crippen LogP contribution in [0.1, 0.15) is 18.4 Å². The van der Waals surface area contributed by atoms with E-state index in [0.717, 1.165) is 50.3 Å². The van der Waals surface area contributed by atoms with Crippen molar-refractivity contribution in [1.82, 2.24) is 15.1 Å². The molecule has 1 aromatic carbocycles. The highest BCUT2D eigenvalue weighted by atomic mass is 16.5. The van der Waals surface area contributed by atoms with Crippen molar-refractivity contribution in [3.05, 3.63) is 29.8 Å². The number of aryl methyl sites for hydroxylation is 1. The van der Waals surface area contributed by atoms with Crippen molar-refractivity contribution >= 4 is 5.91 Å². The molecule has 2 aliphatic rings. The van der Waals surface area contributed by atoms with Crippen LogP contribution < -0.4 is 10.1 Å². The molecule has 6 nitrogen and oxygen atoms in total. The lowest BCUT2D eigenvalue weighted by Gasteiger charge is -2.35. The molecular formula is C19H29N3O3. The number of benzene rings is 1. The normalized spacial score (nSPS) is 20.2. The maximum Gasteiger partial charge on any atom is 0.234 e. The van der Waals surface area contributed by atoms with E-state index in [1.165, 1.54) is 0 Å². The Morgan fingerprint density at radius 1 is 1.28 bits per heavy atom. The minimum Gasteiger partial charge on any atom is -0.491 e.